The Morgan fingerprint density at radius 2 is 1.55 bits per heavy atom. The average molecular weight is 399 g/mol. The number of hydrogen-bond donors (Lipinski definition) is 1. The number of ether oxygens (including phenoxy) is 3. The Morgan fingerprint density at radius 3 is 2.10 bits per heavy atom. The topological polar surface area (TPSA) is 73.9 Å². The molecule has 0 bridgehead atoms. The van der Waals surface area contributed by atoms with Crippen molar-refractivity contribution in [2.24, 2.45) is 5.92 Å². The van der Waals surface area contributed by atoms with Crippen molar-refractivity contribution < 1.29 is 23.8 Å². The van der Waals surface area contributed by atoms with E-state index in [-0.39, 0.29) is 31.1 Å². The van der Waals surface area contributed by atoms with Gasteiger partial charge < -0.3 is 19.5 Å². The number of hydrogen-bond acceptors (Lipinski definition) is 5. The second-order valence-electron chi connectivity index (χ2n) is 7.01. The van der Waals surface area contributed by atoms with Gasteiger partial charge in [0, 0.05) is 0 Å². The quantitative estimate of drug-likeness (QED) is 0.617. The highest BCUT2D eigenvalue weighted by molar-refractivity contribution is 5.81. The highest BCUT2D eigenvalue weighted by Gasteiger charge is 2.19. The van der Waals surface area contributed by atoms with E-state index in [1.165, 1.54) is 5.56 Å². The summed E-state index contributed by atoms with van der Waals surface area (Å²) in [5, 5.41) is 2.94. The fourth-order valence-electron chi connectivity index (χ4n) is 2.81. The molecule has 29 heavy (non-hydrogen) atoms. The Labute approximate surface area is 172 Å². The summed E-state index contributed by atoms with van der Waals surface area (Å²) in [6.07, 6.45) is 0.966. The molecule has 1 amide bonds. The van der Waals surface area contributed by atoms with Crippen molar-refractivity contribution in [3.05, 3.63) is 59.7 Å². The van der Waals surface area contributed by atoms with Crippen molar-refractivity contribution in [1.82, 2.24) is 5.32 Å². The van der Waals surface area contributed by atoms with Crippen LogP contribution in [-0.2, 0) is 20.7 Å². The summed E-state index contributed by atoms with van der Waals surface area (Å²) < 4.78 is 15.4. The Bertz CT molecular complexity index is 784. The molecule has 0 aliphatic carbocycles. The summed E-state index contributed by atoms with van der Waals surface area (Å²) in [4.78, 5) is 24.1. The van der Waals surface area contributed by atoms with Crippen LogP contribution in [0.3, 0.4) is 0 Å². The Kier molecular flexibility index (Phi) is 8.52. The normalized spacial score (nSPS) is 11.6. The molecular weight excluding hydrogens is 370 g/mol. The standard InChI is InChI=1S/C23H29NO5/c1-5-17-6-8-18(9-7-17)23(16(2)3)24-21(25)14-29-22(26)15-28-20-12-10-19(27-4)11-13-20/h6-13,16,23H,5,14-15H2,1-4H3,(H,24,25)/t23-/m1/s1. The van der Waals surface area contributed by atoms with Crippen molar-refractivity contribution in [3.63, 3.8) is 0 Å². The van der Waals surface area contributed by atoms with Crippen molar-refractivity contribution >= 4 is 11.9 Å². The van der Waals surface area contributed by atoms with E-state index in [1.54, 1.807) is 31.4 Å². The van der Waals surface area contributed by atoms with Gasteiger partial charge >= 0.3 is 5.97 Å². The van der Waals surface area contributed by atoms with Crippen LogP contribution in [-0.4, -0.2) is 32.2 Å². The molecule has 6 nitrogen and oxygen atoms in total. The summed E-state index contributed by atoms with van der Waals surface area (Å²) >= 11 is 0. The maximum atomic E-state index is 12.3. The first kappa shape index (κ1) is 22.3. The number of amides is 1. The fourth-order valence-corrected chi connectivity index (χ4v) is 2.81. The minimum Gasteiger partial charge on any atom is -0.497 e. The van der Waals surface area contributed by atoms with Crippen LogP contribution in [0.25, 0.3) is 0 Å². The van der Waals surface area contributed by atoms with E-state index < -0.39 is 5.97 Å². The number of aryl methyl sites for hydroxylation is 1. The maximum Gasteiger partial charge on any atom is 0.344 e. The summed E-state index contributed by atoms with van der Waals surface area (Å²) in [7, 11) is 1.57. The van der Waals surface area contributed by atoms with Crippen molar-refractivity contribution in [2.75, 3.05) is 20.3 Å². The Balaban J connectivity index is 1.80. The van der Waals surface area contributed by atoms with Crippen LogP contribution < -0.4 is 14.8 Å². The number of nitrogens with one attached hydrogen (secondary N) is 1. The van der Waals surface area contributed by atoms with Crippen molar-refractivity contribution in [3.8, 4) is 11.5 Å². The summed E-state index contributed by atoms with van der Waals surface area (Å²) in [5.74, 6) is 0.453. The molecule has 0 heterocycles. The SMILES string of the molecule is CCc1ccc([C@H](NC(=O)COC(=O)COc2ccc(OC)cc2)C(C)C)cc1. The highest BCUT2D eigenvalue weighted by atomic mass is 16.6. The predicted molar refractivity (Wildman–Crippen MR) is 111 cm³/mol. The first-order valence-electron chi connectivity index (χ1n) is 9.73. The zero-order valence-electron chi connectivity index (χ0n) is 17.4. The zero-order valence-corrected chi connectivity index (χ0v) is 17.4. The van der Waals surface area contributed by atoms with Crippen LogP contribution >= 0.6 is 0 Å². The molecule has 0 aromatic heterocycles. The minimum absolute atomic E-state index is 0.150. The monoisotopic (exact) mass is 399 g/mol. The van der Waals surface area contributed by atoms with Crippen LogP contribution in [0.4, 0.5) is 0 Å². The molecule has 2 aromatic carbocycles. The summed E-state index contributed by atoms with van der Waals surface area (Å²) in [5.41, 5.74) is 2.27. The largest absolute Gasteiger partial charge is 0.497 e. The molecule has 2 rings (SSSR count). The predicted octanol–water partition coefficient (Wildman–Crippen LogP) is 3.69. The Morgan fingerprint density at radius 1 is 0.931 bits per heavy atom. The molecule has 6 heteroatoms. The van der Waals surface area contributed by atoms with E-state index in [2.05, 4.69) is 24.4 Å². The first-order chi connectivity index (χ1) is 13.9. The van der Waals surface area contributed by atoms with Crippen LogP contribution in [0.5, 0.6) is 11.5 Å². The van der Waals surface area contributed by atoms with Gasteiger partial charge in [-0.3, -0.25) is 4.79 Å². The number of rotatable bonds is 10. The summed E-state index contributed by atoms with van der Waals surface area (Å²) in [6, 6.07) is 14.9. The van der Waals surface area contributed by atoms with E-state index in [0.717, 1.165) is 12.0 Å². The van der Waals surface area contributed by atoms with Gasteiger partial charge in [-0.1, -0.05) is 45.0 Å². The number of benzene rings is 2. The van der Waals surface area contributed by atoms with E-state index in [0.29, 0.717) is 11.5 Å². The molecule has 0 saturated carbocycles. The van der Waals surface area contributed by atoms with Gasteiger partial charge in [-0.25, -0.2) is 4.79 Å². The van der Waals surface area contributed by atoms with Gasteiger partial charge in [-0.2, -0.15) is 0 Å². The lowest BCUT2D eigenvalue weighted by atomic mass is 9.95. The van der Waals surface area contributed by atoms with Crippen molar-refractivity contribution in [2.45, 2.75) is 33.2 Å². The average Bonchev–Trinajstić information content (AvgIpc) is 2.74. The number of esters is 1. The van der Waals surface area contributed by atoms with Gasteiger partial charge in [0.15, 0.2) is 13.2 Å². The molecule has 2 aromatic rings. The first-order valence-corrected chi connectivity index (χ1v) is 9.73. The minimum atomic E-state index is -0.607. The molecule has 0 aliphatic heterocycles. The summed E-state index contributed by atoms with van der Waals surface area (Å²) in [6.45, 7) is 5.55. The lowest BCUT2D eigenvalue weighted by molar-refractivity contribution is -0.150. The smallest absolute Gasteiger partial charge is 0.344 e. The van der Waals surface area contributed by atoms with Gasteiger partial charge in [-0.05, 0) is 47.7 Å². The molecule has 0 aliphatic rings. The number of carbonyl (C=O) groups is 2. The maximum absolute atomic E-state index is 12.3. The molecule has 0 saturated heterocycles. The van der Waals surface area contributed by atoms with Gasteiger partial charge in [-0.15, -0.1) is 0 Å². The molecule has 0 radical (unpaired) electrons. The van der Waals surface area contributed by atoms with E-state index in [4.69, 9.17) is 14.2 Å². The molecule has 156 valence electrons. The molecule has 0 unspecified atom stereocenters. The lowest BCUT2D eigenvalue weighted by Crippen LogP contribution is -2.35. The van der Waals surface area contributed by atoms with E-state index in [1.807, 2.05) is 26.0 Å². The highest BCUT2D eigenvalue weighted by Crippen LogP contribution is 2.22. The molecule has 1 N–H and O–H groups in total. The van der Waals surface area contributed by atoms with Gasteiger partial charge in [0.1, 0.15) is 11.5 Å². The number of methoxy groups -OCH3 is 1. The Hall–Kier alpha value is -3.02. The van der Waals surface area contributed by atoms with Crippen molar-refractivity contribution in [1.29, 1.82) is 0 Å². The third-order valence-corrected chi connectivity index (χ3v) is 4.51. The second kappa shape index (κ2) is 11.1. The van der Waals surface area contributed by atoms with E-state index in [9.17, 15) is 9.59 Å². The van der Waals surface area contributed by atoms with Gasteiger partial charge in [0.25, 0.3) is 5.91 Å². The van der Waals surface area contributed by atoms with E-state index >= 15 is 0 Å². The van der Waals surface area contributed by atoms with Crippen LogP contribution in [0.1, 0.15) is 37.9 Å². The molecular formula is C23H29NO5. The molecule has 0 fully saturated rings. The van der Waals surface area contributed by atoms with Crippen LogP contribution in [0.15, 0.2) is 48.5 Å². The third-order valence-electron chi connectivity index (χ3n) is 4.51. The fraction of sp³-hybridized carbons (Fsp3) is 0.391. The lowest BCUT2D eigenvalue weighted by Gasteiger charge is -2.23. The molecule has 0 spiro atoms. The second-order valence-corrected chi connectivity index (χ2v) is 7.01. The third kappa shape index (κ3) is 7.14. The van der Waals surface area contributed by atoms with Crippen LogP contribution in [0.2, 0.25) is 0 Å². The van der Waals surface area contributed by atoms with Gasteiger partial charge in [0.05, 0.1) is 13.2 Å². The molecule has 1 atom stereocenters. The zero-order chi connectivity index (χ0) is 21.2. The number of carbonyl (C=O) groups excluding carboxylic acids is 2. The van der Waals surface area contributed by atoms with Crippen LogP contribution in [0, 0.1) is 5.92 Å². The van der Waals surface area contributed by atoms with Gasteiger partial charge in [0.2, 0.25) is 0 Å².